The van der Waals surface area contributed by atoms with Gasteiger partial charge in [0, 0.05) is 13.0 Å². The van der Waals surface area contributed by atoms with Crippen molar-refractivity contribution in [3.05, 3.63) is 52.5 Å². The minimum Gasteiger partial charge on any atom is -0.618 e. The van der Waals surface area contributed by atoms with E-state index in [4.69, 9.17) is 9.47 Å². The lowest BCUT2D eigenvalue weighted by molar-refractivity contribution is -0.612. The summed E-state index contributed by atoms with van der Waals surface area (Å²) in [5, 5.41) is 11.5. The molecule has 0 N–H and O–H groups in total. The summed E-state index contributed by atoms with van der Waals surface area (Å²) in [4.78, 5) is 11.5. The van der Waals surface area contributed by atoms with Crippen molar-refractivity contribution in [2.45, 2.75) is 13.8 Å². The molecule has 0 radical (unpaired) electrons. The quantitative estimate of drug-likeness (QED) is 0.493. The van der Waals surface area contributed by atoms with E-state index in [1.165, 1.54) is 20.4 Å². The molecule has 1 aromatic carbocycles. The molecule has 0 fully saturated rings. The van der Waals surface area contributed by atoms with Gasteiger partial charge in [0.2, 0.25) is 0 Å². The topological polar surface area (TPSA) is 71.7 Å². The highest BCUT2D eigenvalue weighted by atomic mass is 16.5. The molecule has 22 heavy (non-hydrogen) atoms. The normalized spacial score (nSPS) is 10.2. The summed E-state index contributed by atoms with van der Waals surface area (Å²) >= 11 is 0. The molecule has 6 nitrogen and oxygen atoms in total. The fourth-order valence-corrected chi connectivity index (χ4v) is 1.94. The van der Waals surface area contributed by atoms with Crippen LogP contribution in [0.2, 0.25) is 0 Å². The van der Waals surface area contributed by atoms with Gasteiger partial charge in [0.05, 0.1) is 25.3 Å². The molecule has 116 valence electrons. The first-order valence-corrected chi connectivity index (χ1v) is 6.61. The fourth-order valence-electron chi connectivity index (χ4n) is 1.94. The van der Waals surface area contributed by atoms with Crippen LogP contribution in [0.3, 0.4) is 0 Å². The number of aromatic nitrogens is 1. The van der Waals surface area contributed by atoms with E-state index in [1.54, 1.807) is 38.1 Å². The number of benzene rings is 1. The smallest absolute Gasteiger partial charge is 0.337 e. The zero-order valence-electron chi connectivity index (χ0n) is 12.9. The third-order valence-corrected chi connectivity index (χ3v) is 3.41. The van der Waals surface area contributed by atoms with Crippen LogP contribution in [0.15, 0.2) is 30.5 Å². The molecule has 0 amide bonds. The molecule has 0 aliphatic carbocycles. The number of carbonyl (C=O) groups is 1. The minimum absolute atomic E-state index is 0.366. The Morgan fingerprint density at radius 2 is 1.82 bits per heavy atom. The fraction of sp³-hybridized carbons (Fsp3) is 0.250. The van der Waals surface area contributed by atoms with Crippen molar-refractivity contribution >= 4 is 5.97 Å². The second kappa shape index (κ2) is 6.34. The third-order valence-electron chi connectivity index (χ3n) is 3.41. The number of hydrogen-bond donors (Lipinski definition) is 0. The molecule has 2 aromatic rings. The number of rotatable bonds is 4. The van der Waals surface area contributed by atoms with E-state index in [-0.39, 0.29) is 0 Å². The van der Waals surface area contributed by atoms with E-state index in [0.29, 0.717) is 28.5 Å². The van der Waals surface area contributed by atoms with E-state index >= 15 is 0 Å². The number of pyridine rings is 1. The predicted octanol–water partition coefficient (Wildman–Crippen LogP) is 2.52. The number of esters is 1. The van der Waals surface area contributed by atoms with Gasteiger partial charge in [-0.3, -0.25) is 0 Å². The lowest BCUT2D eigenvalue weighted by atomic mass is 10.2. The summed E-state index contributed by atoms with van der Waals surface area (Å²) in [5.41, 5.74) is 1.66. The summed E-state index contributed by atoms with van der Waals surface area (Å²) in [7, 11) is 2.80. The van der Waals surface area contributed by atoms with Crippen molar-refractivity contribution < 1.29 is 23.7 Å². The number of ether oxygens (including phenoxy) is 3. The number of hydrogen-bond acceptors (Lipinski definition) is 5. The van der Waals surface area contributed by atoms with Gasteiger partial charge in [-0.05, 0) is 25.1 Å². The van der Waals surface area contributed by atoms with Gasteiger partial charge < -0.3 is 19.4 Å². The highest BCUT2D eigenvalue weighted by Gasteiger charge is 2.15. The standard InChI is InChI=1S/C16H17NO5/c1-10-11(2)17(19)8-7-13(10)22-14-6-5-12(16(18)21-4)9-15(14)20-3/h5-9H,1-4H3. The average molecular weight is 303 g/mol. The van der Waals surface area contributed by atoms with Crippen molar-refractivity contribution in [2.24, 2.45) is 0 Å². The Labute approximate surface area is 128 Å². The Morgan fingerprint density at radius 3 is 2.45 bits per heavy atom. The molecule has 1 heterocycles. The van der Waals surface area contributed by atoms with Gasteiger partial charge in [-0.2, -0.15) is 4.73 Å². The molecule has 1 aromatic heterocycles. The van der Waals surface area contributed by atoms with Crippen molar-refractivity contribution in [2.75, 3.05) is 14.2 Å². The highest BCUT2D eigenvalue weighted by Crippen LogP contribution is 2.33. The summed E-state index contributed by atoms with van der Waals surface area (Å²) in [5.74, 6) is 0.942. The lowest BCUT2D eigenvalue weighted by Gasteiger charge is -2.13. The largest absolute Gasteiger partial charge is 0.618 e. The Hall–Kier alpha value is -2.76. The summed E-state index contributed by atoms with van der Waals surface area (Å²) in [6.45, 7) is 3.52. The van der Waals surface area contributed by atoms with Gasteiger partial charge in [-0.15, -0.1) is 0 Å². The van der Waals surface area contributed by atoms with Crippen LogP contribution in [0.1, 0.15) is 21.6 Å². The van der Waals surface area contributed by atoms with Crippen molar-refractivity contribution in [3.63, 3.8) is 0 Å². The number of nitrogens with zero attached hydrogens (tertiary/aromatic N) is 1. The maximum Gasteiger partial charge on any atom is 0.337 e. The molecule has 0 saturated heterocycles. The molecular weight excluding hydrogens is 286 g/mol. The molecule has 6 heteroatoms. The first kappa shape index (κ1) is 15.6. The van der Waals surface area contributed by atoms with E-state index in [1.807, 2.05) is 0 Å². The van der Waals surface area contributed by atoms with E-state index < -0.39 is 5.97 Å². The van der Waals surface area contributed by atoms with E-state index in [0.717, 1.165) is 10.3 Å². The number of methoxy groups -OCH3 is 2. The Morgan fingerprint density at radius 1 is 1.09 bits per heavy atom. The van der Waals surface area contributed by atoms with Crippen molar-refractivity contribution in [1.82, 2.24) is 0 Å². The zero-order chi connectivity index (χ0) is 16.3. The van der Waals surface area contributed by atoms with Gasteiger partial charge in [-0.1, -0.05) is 0 Å². The van der Waals surface area contributed by atoms with Gasteiger partial charge in [0.1, 0.15) is 5.75 Å². The first-order valence-electron chi connectivity index (χ1n) is 6.61. The second-order valence-electron chi connectivity index (χ2n) is 4.68. The molecule has 2 rings (SSSR count). The SMILES string of the molecule is COC(=O)c1ccc(Oc2cc[n+]([O-])c(C)c2C)c(OC)c1. The minimum atomic E-state index is -0.455. The van der Waals surface area contributed by atoms with Crippen LogP contribution in [-0.2, 0) is 4.74 Å². The molecule has 0 spiro atoms. The second-order valence-corrected chi connectivity index (χ2v) is 4.68. The van der Waals surface area contributed by atoms with E-state index in [9.17, 15) is 10.0 Å². The Kier molecular flexibility index (Phi) is 4.50. The first-order chi connectivity index (χ1) is 10.5. The Bertz CT molecular complexity index is 712. The number of carbonyl (C=O) groups excluding carboxylic acids is 1. The molecule has 0 atom stereocenters. The van der Waals surface area contributed by atoms with Gasteiger partial charge >= 0.3 is 5.97 Å². The highest BCUT2D eigenvalue weighted by molar-refractivity contribution is 5.90. The maximum absolute atomic E-state index is 11.5. The maximum atomic E-state index is 11.5. The van der Waals surface area contributed by atoms with Crippen LogP contribution >= 0.6 is 0 Å². The summed E-state index contributed by atoms with van der Waals surface area (Å²) in [6, 6.07) is 6.34. The van der Waals surface area contributed by atoms with E-state index in [2.05, 4.69) is 4.74 Å². The third kappa shape index (κ3) is 2.95. The molecule has 0 aliphatic rings. The molecule has 0 unspecified atom stereocenters. The summed E-state index contributed by atoms with van der Waals surface area (Å²) in [6.07, 6.45) is 1.38. The molecule has 0 bridgehead atoms. The van der Waals surface area contributed by atoms with Crippen LogP contribution in [0, 0.1) is 19.1 Å². The monoisotopic (exact) mass is 303 g/mol. The van der Waals surface area contributed by atoms with Crippen LogP contribution in [0.4, 0.5) is 0 Å². The van der Waals surface area contributed by atoms with Gasteiger partial charge in [0.15, 0.2) is 23.4 Å². The van der Waals surface area contributed by atoms with Crippen molar-refractivity contribution in [3.8, 4) is 17.2 Å². The van der Waals surface area contributed by atoms with Gasteiger partial charge in [-0.25, -0.2) is 4.79 Å². The molecular formula is C16H17NO5. The predicted molar refractivity (Wildman–Crippen MR) is 79.3 cm³/mol. The lowest BCUT2D eigenvalue weighted by Crippen LogP contribution is -2.30. The molecule has 0 aliphatic heterocycles. The van der Waals surface area contributed by atoms with Gasteiger partial charge in [0.25, 0.3) is 0 Å². The zero-order valence-corrected chi connectivity index (χ0v) is 12.9. The molecule has 0 saturated carbocycles. The van der Waals surface area contributed by atoms with Crippen LogP contribution in [0.5, 0.6) is 17.2 Å². The Balaban J connectivity index is 2.38. The van der Waals surface area contributed by atoms with Crippen LogP contribution < -0.4 is 14.2 Å². The van der Waals surface area contributed by atoms with Crippen LogP contribution in [-0.4, -0.2) is 20.2 Å². The summed E-state index contributed by atoms with van der Waals surface area (Å²) < 4.78 is 16.5. The van der Waals surface area contributed by atoms with Crippen LogP contribution in [0.25, 0.3) is 0 Å². The average Bonchev–Trinajstić information content (AvgIpc) is 2.54. The van der Waals surface area contributed by atoms with Crippen molar-refractivity contribution in [1.29, 1.82) is 0 Å².